The predicted molar refractivity (Wildman–Crippen MR) is 122 cm³/mol. The summed E-state index contributed by atoms with van der Waals surface area (Å²) >= 11 is 12.4. The summed E-state index contributed by atoms with van der Waals surface area (Å²) < 4.78 is 1.95. The highest BCUT2D eigenvalue weighted by molar-refractivity contribution is 6.38. The molecule has 1 aromatic heterocycles. The number of carbonyl (C=O) groups is 1. The van der Waals surface area contributed by atoms with Crippen LogP contribution in [0.25, 0.3) is 6.08 Å². The number of hydrazone groups is 1. The number of rotatable bonds is 4. The fourth-order valence-electron chi connectivity index (χ4n) is 3.47. The summed E-state index contributed by atoms with van der Waals surface area (Å²) in [7, 11) is 0. The van der Waals surface area contributed by atoms with Crippen molar-refractivity contribution in [1.82, 2.24) is 9.78 Å². The van der Waals surface area contributed by atoms with Crippen LogP contribution < -0.4 is 5.01 Å². The molecule has 0 saturated carbocycles. The smallest absolute Gasteiger partial charge is 0.267 e. The van der Waals surface area contributed by atoms with E-state index in [0.717, 1.165) is 17.0 Å². The van der Waals surface area contributed by atoms with Crippen molar-refractivity contribution in [2.45, 2.75) is 27.3 Å². The molecular weight excluding hydrogens is 419 g/mol. The normalized spacial score (nSPS) is 15.2. The quantitative estimate of drug-likeness (QED) is 0.493. The molecule has 0 saturated heterocycles. The van der Waals surface area contributed by atoms with Crippen LogP contribution >= 0.6 is 23.2 Å². The van der Waals surface area contributed by atoms with Gasteiger partial charge in [0.25, 0.3) is 5.91 Å². The van der Waals surface area contributed by atoms with Crippen LogP contribution in [0.1, 0.15) is 29.4 Å². The van der Waals surface area contributed by atoms with Gasteiger partial charge in [-0.1, -0.05) is 53.5 Å². The number of hydrogen-bond donors (Lipinski definition) is 0. The van der Waals surface area contributed by atoms with E-state index < -0.39 is 0 Å². The Morgan fingerprint density at radius 3 is 2.50 bits per heavy atom. The number of benzene rings is 2. The molecule has 2 heterocycles. The summed E-state index contributed by atoms with van der Waals surface area (Å²) in [5, 5.41) is 11.3. The molecule has 30 heavy (non-hydrogen) atoms. The Hall–Kier alpha value is -2.89. The number of amides is 1. The van der Waals surface area contributed by atoms with Crippen molar-refractivity contribution < 1.29 is 4.79 Å². The van der Waals surface area contributed by atoms with Crippen LogP contribution in [0, 0.1) is 13.8 Å². The van der Waals surface area contributed by atoms with E-state index in [9.17, 15) is 4.79 Å². The SMILES string of the molecule is CC1=NN(c2cc(Cl)ccc2Cl)C(=O)/C1=C/c1c(C)nn(Cc2ccccc2)c1C. The van der Waals surface area contributed by atoms with Crippen molar-refractivity contribution in [3.63, 3.8) is 0 Å². The van der Waals surface area contributed by atoms with E-state index in [1.54, 1.807) is 25.1 Å². The van der Waals surface area contributed by atoms with Gasteiger partial charge in [-0.2, -0.15) is 15.2 Å². The van der Waals surface area contributed by atoms with Crippen LogP contribution in [-0.2, 0) is 11.3 Å². The van der Waals surface area contributed by atoms with Crippen molar-refractivity contribution in [1.29, 1.82) is 0 Å². The average Bonchev–Trinajstić information content (AvgIpc) is 3.15. The van der Waals surface area contributed by atoms with Crippen molar-refractivity contribution in [2.75, 3.05) is 5.01 Å². The first kappa shape index (κ1) is 20.4. The first-order valence-corrected chi connectivity index (χ1v) is 10.3. The van der Waals surface area contributed by atoms with Crippen molar-refractivity contribution in [3.05, 3.63) is 86.7 Å². The minimum Gasteiger partial charge on any atom is -0.267 e. The first-order valence-electron chi connectivity index (χ1n) is 9.50. The monoisotopic (exact) mass is 438 g/mol. The lowest BCUT2D eigenvalue weighted by atomic mass is 10.1. The van der Waals surface area contributed by atoms with Crippen LogP contribution in [0.4, 0.5) is 5.69 Å². The molecule has 0 N–H and O–H groups in total. The maximum Gasteiger partial charge on any atom is 0.280 e. The number of nitrogens with zero attached hydrogens (tertiary/aromatic N) is 4. The highest BCUT2D eigenvalue weighted by Gasteiger charge is 2.30. The average molecular weight is 439 g/mol. The Labute approximate surface area is 185 Å². The molecule has 152 valence electrons. The van der Waals surface area contributed by atoms with Gasteiger partial charge in [-0.15, -0.1) is 0 Å². The molecule has 1 aliphatic heterocycles. The second-order valence-corrected chi connectivity index (χ2v) is 8.03. The van der Waals surface area contributed by atoms with Crippen molar-refractivity contribution >= 4 is 46.6 Å². The molecule has 0 unspecified atom stereocenters. The molecule has 0 spiro atoms. The molecule has 0 atom stereocenters. The Morgan fingerprint density at radius 1 is 1.03 bits per heavy atom. The molecule has 4 rings (SSSR count). The molecule has 0 radical (unpaired) electrons. The van der Waals surface area contributed by atoms with Crippen molar-refractivity contribution in [3.8, 4) is 0 Å². The van der Waals surface area contributed by atoms with E-state index in [-0.39, 0.29) is 5.91 Å². The lowest BCUT2D eigenvalue weighted by Gasteiger charge is -2.13. The highest BCUT2D eigenvalue weighted by Crippen LogP contribution is 2.33. The maximum absolute atomic E-state index is 13.1. The summed E-state index contributed by atoms with van der Waals surface area (Å²) in [6, 6.07) is 15.1. The fraction of sp³-hybridized carbons (Fsp3) is 0.174. The van der Waals surface area contributed by atoms with Crippen LogP contribution in [0.2, 0.25) is 10.0 Å². The van der Waals surface area contributed by atoms with Gasteiger partial charge in [0, 0.05) is 16.3 Å². The molecule has 0 bridgehead atoms. The molecule has 7 heteroatoms. The number of carbonyl (C=O) groups excluding carboxylic acids is 1. The zero-order chi connectivity index (χ0) is 21.4. The number of hydrogen-bond acceptors (Lipinski definition) is 3. The van der Waals surface area contributed by atoms with E-state index in [4.69, 9.17) is 23.2 Å². The summed E-state index contributed by atoms with van der Waals surface area (Å²) in [5.74, 6) is -0.244. The summed E-state index contributed by atoms with van der Waals surface area (Å²) in [5.41, 5.74) is 5.52. The lowest BCUT2D eigenvalue weighted by molar-refractivity contribution is -0.114. The van der Waals surface area contributed by atoms with Gasteiger partial charge < -0.3 is 0 Å². The van der Waals surface area contributed by atoms with Gasteiger partial charge in [0.1, 0.15) is 0 Å². The van der Waals surface area contributed by atoms with Gasteiger partial charge in [-0.05, 0) is 50.6 Å². The van der Waals surface area contributed by atoms with E-state index in [0.29, 0.717) is 33.6 Å². The Kier molecular flexibility index (Phi) is 5.50. The number of halogens is 2. The summed E-state index contributed by atoms with van der Waals surface area (Å²) in [6.07, 6.45) is 1.86. The van der Waals surface area contributed by atoms with Gasteiger partial charge in [0.05, 0.1) is 34.2 Å². The zero-order valence-electron chi connectivity index (χ0n) is 16.9. The molecule has 1 amide bonds. The van der Waals surface area contributed by atoms with Crippen LogP contribution in [0.5, 0.6) is 0 Å². The van der Waals surface area contributed by atoms with Crippen LogP contribution in [0.15, 0.2) is 59.2 Å². The fourth-order valence-corrected chi connectivity index (χ4v) is 3.83. The Bertz CT molecular complexity index is 1200. The van der Waals surface area contributed by atoms with E-state index >= 15 is 0 Å². The molecule has 5 nitrogen and oxygen atoms in total. The number of aromatic nitrogens is 2. The van der Waals surface area contributed by atoms with E-state index in [1.807, 2.05) is 42.8 Å². The van der Waals surface area contributed by atoms with Gasteiger partial charge in [0.2, 0.25) is 0 Å². The molecule has 0 aliphatic carbocycles. The Morgan fingerprint density at radius 2 is 1.77 bits per heavy atom. The maximum atomic E-state index is 13.1. The first-order chi connectivity index (χ1) is 14.3. The molecular formula is C23H20Cl2N4O. The van der Waals surface area contributed by atoms with Crippen molar-refractivity contribution in [2.24, 2.45) is 5.10 Å². The number of aryl methyl sites for hydroxylation is 1. The zero-order valence-corrected chi connectivity index (χ0v) is 18.4. The van der Waals surface area contributed by atoms with Crippen LogP contribution in [-0.4, -0.2) is 21.4 Å². The molecule has 0 fully saturated rings. The third-order valence-corrected chi connectivity index (χ3v) is 5.65. The van der Waals surface area contributed by atoms with Gasteiger partial charge in [0.15, 0.2) is 0 Å². The third-order valence-electron chi connectivity index (χ3n) is 5.10. The van der Waals surface area contributed by atoms with Crippen LogP contribution in [0.3, 0.4) is 0 Å². The topological polar surface area (TPSA) is 50.5 Å². The minimum atomic E-state index is -0.244. The summed E-state index contributed by atoms with van der Waals surface area (Å²) in [4.78, 5) is 13.1. The second kappa shape index (κ2) is 8.09. The largest absolute Gasteiger partial charge is 0.280 e. The van der Waals surface area contributed by atoms with Gasteiger partial charge >= 0.3 is 0 Å². The molecule has 3 aromatic rings. The lowest BCUT2D eigenvalue weighted by Crippen LogP contribution is -2.21. The van der Waals surface area contributed by atoms with Gasteiger partial charge in [-0.3, -0.25) is 9.48 Å². The van der Waals surface area contributed by atoms with E-state index in [2.05, 4.69) is 22.3 Å². The number of anilines is 1. The summed E-state index contributed by atoms with van der Waals surface area (Å²) in [6.45, 7) is 6.43. The van der Waals surface area contributed by atoms with Gasteiger partial charge in [-0.25, -0.2) is 0 Å². The second-order valence-electron chi connectivity index (χ2n) is 7.18. The molecule has 2 aromatic carbocycles. The Balaban J connectivity index is 1.68. The molecule has 1 aliphatic rings. The highest BCUT2D eigenvalue weighted by atomic mass is 35.5. The third kappa shape index (κ3) is 3.78. The standard InChI is InChI=1S/C23H20Cl2N4O/c1-14-19(16(3)28(26-14)13-17-7-5-4-6-8-17)12-20-15(2)27-29(23(20)30)22-11-18(24)9-10-21(22)25/h4-12H,13H2,1-3H3/b20-12+. The predicted octanol–water partition coefficient (Wildman–Crippen LogP) is 5.66. The minimum absolute atomic E-state index is 0.244. The van der Waals surface area contributed by atoms with E-state index in [1.165, 1.54) is 10.6 Å².